The summed E-state index contributed by atoms with van der Waals surface area (Å²) >= 11 is 0. The molecule has 1 aromatic heterocycles. The molecule has 3 N–H and O–H groups in total. The third-order valence-corrected chi connectivity index (χ3v) is 2.66. The van der Waals surface area contributed by atoms with E-state index in [1.807, 2.05) is 18.2 Å². The zero-order valence-electron chi connectivity index (χ0n) is 9.80. The Bertz CT molecular complexity index is 453. The second-order valence-corrected chi connectivity index (χ2v) is 3.91. The van der Waals surface area contributed by atoms with Crippen molar-refractivity contribution < 1.29 is 0 Å². The number of aromatic nitrogens is 2. The smallest absolute Gasteiger partial charge is 0.129 e. The van der Waals surface area contributed by atoms with Gasteiger partial charge in [0.05, 0.1) is 0 Å². The van der Waals surface area contributed by atoms with E-state index in [1.165, 1.54) is 11.9 Å². The van der Waals surface area contributed by atoms with E-state index in [9.17, 15) is 0 Å². The van der Waals surface area contributed by atoms with Crippen LogP contribution in [0.2, 0.25) is 0 Å². The van der Waals surface area contributed by atoms with E-state index in [2.05, 4.69) is 34.3 Å². The highest BCUT2D eigenvalue weighted by Crippen LogP contribution is 2.17. The number of nitrogens with two attached hydrogens (primary N) is 1. The number of hydrogen-bond acceptors (Lipinski definition) is 4. The Morgan fingerprint density at radius 3 is 2.59 bits per heavy atom. The lowest BCUT2D eigenvalue weighted by Crippen LogP contribution is -2.08. The molecule has 0 saturated heterocycles. The van der Waals surface area contributed by atoms with E-state index in [1.54, 1.807) is 6.20 Å². The number of benzene rings is 1. The second-order valence-electron chi connectivity index (χ2n) is 3.91. The van der Waals surface area contributed by atoms with Gasteiger partial charge in [0, 0.05) is 18.8 Å². The Balaban J connectivity index is 2.06. The summed E-state index contributed by atoms with van der Waals surface area (Å²) in [6, 6.07) is 10.3. The van der Waals surface area contributed by atoms with Gasteiger partial charge in [-0.3, -0.25) is 0 Å². The van der Waals surface area contributed by atoms with Gasteiger partial charge in [-0.2, -0.15) is 0 Å². The fourth-order valence-electron chi connectivity index (χ4n) is 1.62. The van der Waals surface area contributed by atoms with Crippen LogP contribution in [0.25, 0.3) is 0 Å². The number of rotatable bonds is 4. The third-order valence-electron chi connectivity index (χ3n) is 2.66. The number of nitrogens with one attached hydrogen (secondary N) is 1. The molecule has 1 aromatic carbocycles. The molecule has 0 spiro atoms. The fraction of sp³-hybridized carbons (Fsp3) is 0.231. The van der Waals surface area contributed by atoms with Crippen LogP contribution >= 0.6 is 0 Å². The molecule has 4 heteroatoms. The first-order valence-corrected chi connectivity index (χ1v) is 5.61. The molecule has 1 unspecified atom stereocenters. The average molecular weight is 228 g/mol. The Morgan fingerprint density at radius 1 is 1.24 bits per heavy atom. The molecule has 0 amide bonds. The SMILES string of the molecule is CC(Nc1ccncn1)c1ccc(CN)cc1. The first kappa shape index (κ1) is 11.5. The molecule has 0 saturated carbocycles. The Morgan fingerprint density at radius 2 is 2.00 bits per heavy atom. The van der Waals surface area contributed by atoms with Crippen molar-refractivity contribution in [2.75, 3.05) is 5.32 Å². The fourth-order valence-corrected chi connectivity index (χ4v) is 1.62. The lowest BCUT2D eigenvalue weighted by atomic mass is 10.1. The quantitative estimate of drug-likeness (QED) is 0.841. The molecule has 0 bridgehead atoms. The molecule has 4 nitrogen and oxygen atoms in total. The maximum atomic E-state index is 5.57. The minimum absolute atomic E-state index is 0.205. The zero-order chi connectivity index (χ0) is 12.1. The van der Waals surface area contributed by atoms with Crippen molar-refractivity contribution in [3.8, 4) is 0 Å². The zero-order valence-corrected chi connectivity index (χ0v) is 9.80. The molecule has 0 radical (unpaired) electrons. The minimum atomic E-state index is 0.205. The van der Waals surface area contributed by atoms with E-state index in [4.69, 9.17) is 5.73 Å². The van der Waals surface area contributed by atoms with E-state index >= 15 is 0 Å². The molecule has 0 fully saturated rings. The van der Waals surface area contributed by atoms with Gasteiger partial charge >= 0.3 is 0 Å². The second kappa shape index (κ2) is 5.41. The van der Waals surface area contributed by atoms with Crippen molar-refractivity contribution in [2.24, 2.45) is 5.73 Å². The summed E-state index contributed by atoms with van der Waals surface area (Å²) in [5.74, 6) is 0.829. The number of nitrogens with zero attached hydrogens (tertiary/aromatic N) is 2. The summed E-state index contributed by atoms with van der Waals surface area (Å²) in [4.78, 5) is 8.02. The van der Waals surface area contributed by atoms with Gasteiger partial charge in [0.15, 0.2) is 0 Å². The van der Waals surface area contributed by atoms with Gasteiger partial charge in [-0.1, -0.05) is 24.3 Å². The molecule has 17 heavy (non-hydrogen) atoms. The van der Waals surface area contributed by atoms with Crippen LogP contribution in [0.3, 0.4) is 0 Å². The Labute approximate surface area is 101 Å². The maximum Gasteiger partial charge on any atom is 0.129 e. The van der Waals surface area contributed by atoms with Crippen LogP contribution < -0.4 is 11.1 Å². The van der Waals surface area contributed by atoms with Gasteiger partial charge in [0.2, 0.25) is 0 Å². The number of anilines is 1. The number of hydrogen-bond donors (Lipinski definition) is 2. The maximum absolute atomic E-state index is 5.57. The molecular formula is C13H16N4. The summed E-state index contributed by atoms with van der Waals surface area (Å²) in [5, 5.41) is 3.31. The molecule has 2 rings (SSSR count). The van der Waals surface area contributed by atoms with Crippen molar-refractivity contribution >= 4 is 5.82 Å². The molecular weight excluding hydrogens is 212 g/mol. The molecule has 2 aromatic rings. The van der Waals surface area contributed by atoms with E-state index in [0.29, 0.717) is 6.54 Å². The van der Waals surface area contributed by atoms with Crippen LogP contribution in [-0.4, -0.2) is 9.97 Å². The first-order chi connectivity index (χ1) is 8.29. The van der Waals surface area contributed by atoms with Crippen molar-refractivity contribution in [2.45, 2.75) is 19.5 Å². The van der Waals surface area contributed by atoms with Gasteiger partial charge in [-0.05, 0) is 24.1 Å². The highest BCUT2D eigenvalue weighted by atomic mass is 15.0. The van der Waals surface area contributed by atoms with Crippen LogP contribution in [0.1, 0.15) is 24.1 Å². The third kappa shape index (κ3) is 3.01. The van der Waals surface area contributed by atoms with Crippen molar-refractivity contribution in [1.29, 1.82) is 0 Å². The van der Waals surface area contributed by atoms with E-state index in [-0.39, 0.29) is 6.04 Å². The lowest BCUT2D eigenvalue weighted by molar-refractivity contribution is 0.869. The highest BCUT2D eigenvalue weighted by molar-refractivity contribution is 5.37. The molecule has 0 aliphatic carbocycles. The standard InChI is InChI=1S/C13H16N4/c1-10(17-13-6-7-15-9-16-13)12-4-2-11(8-14)3-5-12/h2-7,9-10H,8,14H2,1H3,(H,15,16,17). The first-order valence-electron chi connectivity index (χ1n) is 5.61. The van der Waals surface area contributed by atoms with E-state index < -0.39 is 0 Å². The summed E-state index contributed by atoms with van der Waals surface area (Å²) in [6.45, 7) is 2.67. The molecule has 0 aliphatic heterocycles. The van der Waals surface area contributed by atoms with Gasteiger partial charge in [0.25, 0.3) is 0 Å². The largest absolute Gasteiger partial charge is 0.363 e. The minimum Gasteiger partial charge on any atom is -0.363 e. The van der Waals surface area contributed by atoms with Gasteiger partial charge in [0.1, 0.15) is 12.1 Å². The van der Waals surface area contributed by atoms with Crippen LogP contribution in [0.15, 0.2) is 42.9 Å². The van der Waals surface area contributed by atoms with Crippen molar-refractivity contribution in [3.05, 3.63) is 54.0 Å². The lowest BCUT2D eigenvalue weighted by Gasteiger charge is -2.14. The summed E-state index contributed by atoms with van der Waals surface area (Å²) in [7, 11) is 0. The van der Waals surface area contributed by atoms with Gasteiger partial charge in [-0.15, -0.1) is 0 Å². The van der Waals surface area contributed by atoms with E-state index in [0.717, 1.165) is 11.4 Å². The Hall–Kier alpha value is -1.94. The highest BCUT2D eigenvalue weighted by Gasteiger charge is 2.05. The average Bonchev–Trinajstić information content (AvgIpc) is 2.40. The molecule has 0 aliphatic rings. The molecule has 1 heterocycles. The van der Waals surface area contributed by atoms with Gasteiger partial charge in [-0.25, -0.2) is 9.97 Å². The van der Waals surface area contributed by atoms with Crippen molar-refractivity contribution in [3.63, 3.8) is 0 Å². The summed E-state index contributed by atoms with van der Waals surface area (Å²) < 4.78 is 0. The summed E-state index contributed by atoms with van der Waals surface area (Å²) in [5.41, 5.74) is 7.92. The van der Waals surface area contributed by atoms with Crippen LogP contribution in [0.4, 0.5) is 5.82 Å². The van der Waals surface area contributed by atoms with Gasteiger partial charge < -0.3 is 11.1 Å². The topological polar surface area (TPSA) is 63.8 Å². The van der Waals surface area contributed by atoms with Crippen LogP contribution in [0.5, 0.6) is 0 Å². The predicted octanol–water partition coefficient (Wildman–Crippen LogP) is 2.11. The summed E-state index contributed by atoms with van der Waals surface area (Å²) in [6.07, 6.45) is 3.26. The molecule has 1 atom stereocenters. The van der Waals surface area contributed by atoms with Crippen molar-refractivity contribution in [1.82, 2.24) is 9.97 Å². The van der Waals surface area contributed by atoms with Crippen LogP contribution in [-0.2, 0) is 6.54 Å². The Kier molecular flexibility index (Phi) is 3.67. The normalized spacial score (nSPS) is 12.1. The molecule has 88 valence electrons. The predicted molar refractivity (Wildman–Crippen MR) is 68.4 cm³/mol. The monoisotopic (exact) mass is 228 g/mol. The van der Waals surface area contributed by atoms with Crippen LogP contribution in [0, 0.1) is 0 Å².